The summed E-state index contributed by atoms with van der Waals surface area (Å²) in [7, 11) is 0. The van der Waals surface area contributed by atoms with E-state index in [9.17, 15) is 13.2 Å². The van der Waals surface area contributed by atoms with Gasteiger partial charge in [-0.2, -0.15) is 13.2 Å². The van der Waals surface area contributed by atoms with Crippen molar-refractivity contribution in [1.82, 2.24) is 4.98 Å². The lowest BCUT2D eigenvalue weighted by Gasteiger charge is -2.15. The zero-order chi connectivity index (χ0) is 14.8. The van der Waals surface area contributed by atoms with Gasteiger partial charge in [0.15, 0.2) is 0 Å². The number of aromatic nitrogens is 1. The van der Waals surface area contributed by atoms with Gasteiger partial charge in [-0.25, -0.2) is 0 Å². The SMILES string of the molecule is Cc1cc(Nc2ccccc2C(F)(F)F)cnc1CN. The molecule has 0 aliphatic carbocycles. The quantitative estimate of drug-likeness (QED) is 0.903. The van der Waals surface area contributed by atoms with Crippen molar-refractivity contribution < 1.29 is 13.2 Å². The van der Waals surface area contributed by atoms with Crippen LogP contribution in [0.5, 0.6) is 0 Å². The minimum absolute atomic E-state index is 0.00157. The summed E-state index contributed by atoms with van der Waals surface area (Å²) in [5.74, 6) is 0. The van der Waals surface area contributed by atoms with Gasteiger partial charge in [-0.3, -0.25) is 4.98 Å². The fourth-order valence-corrected chi connectivity index (χ4v) is 1.88. The molecule has 1 aromatic carbocycles. The molecule has 0 saturated carbocycles. The average molecular weight is 281 g/mol. The number of halogens is 3. The molecule has 1 aromatic heterocycles. The maximum absolute atomic E-state index is 12.9. The van der Waals surface area contributed by atoms with E-state index in [1.807, 2.05) is 6.92 Å². The van der Waals surface area contributed by atoms with E-state index >= 15 is 0 Å². The fraction of sp³-hybridized carbons (Fsp3) is 0.214. The van der Waals surface area contributed by atoms with Crippen LogP contribution in [0.15, 0.2) is 36.5 Å². The Morgan fingerprint density at radius 2 is 1.95 bits per heavy atom. The minimum Gasteiger partial charge on any atom is -0.354 e. The highest BCUT2D eigenvalue weighted by Gasteiger charge is 2.33. The zero-order valence-electron chi connectivity index (χ0n) is 10.8. The third kappa shape index (κ3) is 3.08. The molecule has 0 fully saturated rings. The van der Waals surface area contributed by atoms with Crippen molar-refractivity contribution in [3.63, 3.8) is 0 Å². The van der Waals surface area contributed by atoms with Crippen LogP contribution >= 0.6 is 0 Å². The predicted octanol–water partition coefficient (Wildman–Crippen LogP) is 3.61. The standard InChI is InChI=1S/C14H14F3N3/c1-9-6-10(8-19-13(9)7-18)20-12-5-3-2-4-11(12)14(15,16)17/h2-6,8,20H,7,18H2,1H3. The smallest absolute Gasteiger partial charge is 0.354 e. The van der Waals surface area contributed by atoms with Crippen molar-refractivity contribution in [2.45, 2.75) is 19.6 Å². The third-order valence-electron chi connectivity index (χ3n) is 2.89. The zero-order valence-corrected chi connectivity index (χ0v) is 10.8. The molecule has 2 rings (SSSR count). The molecule has 20 heavy (non-hydrogen) atoms. The second-order valence-electron chi connectivity index (χ2n) is 4.36. The Morgan fingerprint density at radius 3 is 2.55 bits per heavy atom. The first kappa shape index (κ1) is 14.3. The van der Waals surface area contributed by atoms with Gasteiger partial charge in [-0.15, -0.1) is 0 Å². The highest BCUT2D eigenvalue weighted by atomic mass is 19.4. The molecule has 0 amide bonds. The molecule has 0 aliphatic heterocycles. The normalized spacial score (nSPS) is 11.4. The summed E-state index contributed by atoms with van der Waals surface area (Å²) < 4.78 is 38.6. The van der Waals surface area contributed by atoms with E-state index in [4.69, 9.17) is 5.73 Å². The summed E-state index contributed by atoms with van der Waals surface area (Å²) in [6.45, 7) is 2.11. The van der Waals surface area contributed by atoms with Gasteiger partial charge in [-0.1, -0.05) is 12.1 Å². The molecule has 1 heterocycles. The number of nitrogens with zero attached hydrogens (tertiary/aromatic N) is 1. The van der Waals surface area contributed by atoms with E-state index in [0.717, 1.165) is 17.3 Å². The highest BCUT2D eigenvalue weighted by Crippen LogP contribution is 2.35. The predicted molar refractivity (Wildman–Crippen MR) is 71.6 cm³/mol. The number of anilines is 2. The molecule has 0 aliphatic rings. The van der Waals surface area contributed by atoms with Crippen LogP contribution in [0.1, 0.15) is 16.8 Å². The summed E-state index contributed by atoms with van der Waals surface area (Å²) in [6, 6.07) is 7.05. The minimum atomic E-state index is -4.40. The molecule has 106 valence electrons. The Bertz CT molecular complexity index is 609. The molecule has 3 N–H and O–H groups in total. The average Bonchev–Trinajstić information content (AvgIpc) is 2.38. The second kappa shape index (κ2) is 5.50. The van der Waals surface area contributed by atoms with Gasteiger partial charge in [0.25, 0.3) is 0 Å². The Kier molecular flexibility index (Phi) is 3.94. The summed E-state index contributed by atoms with van der Waals surface area (Å²) in [4.78, 5) is 4.12. The molecular formula is C14H14F3N3. The van der Waals surface area contributed by atoms with Crippen LogP contribution in [0.25, 0.3) is 0 Å². The number of hydrogen-bond acceptors (Lipinski definition) is 3. The Hall–Kier alpha value is -2.08. The van der Waals surface area contributed by atoms with Crippen LogP contribution in [-0.2, 0) is 12.7 Å². The van der Waals surface area contributed by atoms with Gasteiger partial charge in [0, 0.05) is 6.54 Å². The molecule has 2 aromatic rings. The van der Waals surface area contributed by atoms with Gasteiger partial charge in [0.05, 0.1) is 28.8 Å². The number of aryl methyl sites for hydroxylation is 1. The van der Waals surface area contributed by atoms with E-state index in [2.05, 4.69) is 10.3 Å². The van der Waals surface area contributed by atoms with E-state index in [1.54, 1.807) is 12.1 Å². The Morgan fingerprint density at radius 1 is 1.25 bits per heavy atom. The molecule has 0 atom stereocenters. The van der Waals surface area contributed by atoms with Crippen LogP contribution in [-0.4, -0.2) is 4.98 Å². The first-order valence-corrected chi connectivity index (χ1v) is 6.00. The maximum atomic E-state index is 12.9. The van der Waals surface area contributed by atoms with Crippen LogP contribution in [0.3, 0.4) is 0 Å². The van der Waals surface area contributed by atoms with Crippen molar-refractivity contribution in [1.29, 1.82) is 0 Å². The lowest BCUT2D eigenvalue weighted by atomic mass is 10.1. The summed E-state index contributed by atoms with van der Waals surface area (Å²) in [6.07, 6.45) is -2.92. The van der Waals surface area contributed by atoms with Gasteiger partial charge in [0.2, 0.25) is 0 Å². The number of rotatable bonds is 3. The number of benzene rings is 1. The number of alkyl halides is 3. The molecule has 3 nitrogen and oxygen atoms in total. The van der Waals surface area contributed by atoms with Crippen LogP contribution in [0.2, 0.25) is 0 Å². The molecular weight excluding hydrogens is 267 g/mol. The second-order valence-corrected chi connectivity index (χ2v) is 4.36. The Labute approximate surface area is 114 Å². The lowest BCUT2D eigenvalue weighted by molar-refractivity contribution is -0.136. The van der Waals surface area contributed by atoms with Crippen molar-refractivity contribution in [2.75, 3.05) is 5.32 Å². The first-order valence-electron chi connectivity index (χ1n) is 6.00. The molecule has 0 radical (unpaired) electrons. The van der Waals surface area contributed by atoms with Crippen molar-refractivity contribution >= 4 is 11.4 Å². The van der Waals surface area contributed by atoms with E-state index < -0.39 is 11.7 Å². The monoisotopic (exact) mass is 281 g/mol. The Balaban J connectivity index is 2.33. The molecule has 0 spiro atoms. The largest absolute Gasteiger partial charge is 0.418 e. The number of nitrogens with two attached hydrogens (primary N) is 1. The van der Waals surface area contributed by atoms with Crippen LogP contribution < -0.4 is 11.1 Å². The molecule has 0 unspecified atom stereocenters. The van der Waals surface area contributed by atoms with Gasteiger partial charge < -0.3 is 11.1 Å². The van der Waals surface area contributed by atoms with Crippen LogP contribution in [0, 0.1) is 6.92 Å². The number of nitrogens with one attached hydrogen (secondary N) is 1. The van der Waals surface area contributed by atoms with Gasteiger partial charge >= 0.3 is 6.18 Å². The van der Waals surface area contributed by atoms with E-state index in [0.29, 0.717) is 12.2 Å². The van der Waals surface area contributed by atoms with Crippen molar-refractivity contribution in [2.24, 2.45) is 5.73 Å². The lowest BCUT2D eigenvalue weighted by Crippen LogP contribution is -2.09. The molecule has 0 bridgehead atoms. The first-order chi connectivity index (χ1) is 9.41. The molecule has 0 saturated heterocycles. The third-order valence-corrected chi connectivity index (χ3v) is 2.89. The summed E-state index contributed by atoms with van der Waals surface area (Å²) in [5, 5.41) is 2.75. The highest BCUT2D eigenvalue weighted by molar-refractivity contribution is 5.63. The summed E-state index contributed by atoms with van der Waals surface area (Å²) >= 11 is 0. The van der Waals surface area contributed by atoms with E-state index in [1.165, 1.54) is 18.3 Å². The van der Waals surface area contributed by atoms with Gasteiger partial charge in [0.1, 0.15) is 0 Å². The number of hydrogen-bond donors (Lipinski definition) is 2. The topological polar surface area (TPSA) is 50.9 Å². The van der Waals surface area contributed by atoms with E-state index in [-0.39, 0.29) is 5.69 Å². The van der Waals surface area contributed by atoms with Crippen molar-refractivity contribution in [3.8, 4) is 0 Å². The fourth-order valence-electron chi connectivity index (χ4n) is 1.88. The molecule has 6 heteroatoms. The van der Waals surface area contributed by atoms with Gasteiger partial charge in [-0.05, 0) is 30.7 Å². The maximum Gasteiger partial charge on any atom is 0.418 e. The number of pyridine rings is 1. The van der Waals surface area contributed by atoms with Crippen LogP contribution in [0.4, 0.5) is 24.5 Å². The summed E-state index contributed by atoms with van der Waals surface area (Å²) in [5.41, 5.74) is 6.85. The number of para-hydroxylation sites is 1. The van der Waals surface area contributed by atoms with Crippen molar-refractivity contribution in [3.05, 3.63) is 53.3 Å².